The molecule has 0 amide bonds. The molecule has 3 aromatic heterocycles. The largest absolute Gasteiger partial charge is 0.400 e. The number of nitrogens with two attached hydrogens (primary N) is 1. The normalized spacial score (nSPS) is 9.66. The van der Waals surface area contributed by atoms with E-state index in [-0.39, 0.29) is 26.5 Å². The minimum atomic E-state index is -0.400. The van der Waals surface area contributed by atoms with Crippen LogP contribution in [-0.4, -0.2) is 46.5 Å². The number of hydrogen-bond acceptors (Lipinski definition) is 7. The highest BCUT2D eigenvalue weighted by Crippen LogP contribution is 2.23. The van der Waals surface area contributed by atoms with Crippen LogP contribution in [0, 0.1) is 10.1 Å². The summed E-state index contributed by atoms with van der Waals surface area (Å²) in [5, 5.41) is 29.9. The van der Waals surface area contributed by atoms with E-state index in [0.717, 1.165) is 24.2 Å². The Kier molecular flexibility index (Phi) is 17.9. The van der Waals surface area contributed by atoms with E-state index in [2.05, 4.69) is 43.0 Å². The van der Waals surface area contributed by atoms with E-state index in [0.29, 0.717) is 17.5 Å². The molecule has 0 atom stereocenters. The fourth-order valence-electron chi connectivity index (χ4n) is 2.76. The van der Waals surface area contributed by atoms with Crippen molar-refractivity contribution in [3.05, 3.63) is 51.9 Å². The SMILES string of the molecule is C.C.CC(C)c1ccn(C)n1.CC(C)c1nn(C)cc1N.CC(C)c1nn(C)cc1[N+](=O)[O-].CO. The topological polar surface area (TPSA) is 143 Å². The molecule has 0 aliphatic heterocycles. The van der Waals surface area contributed by atoms with Crippen molar-refractivity contribution in [1.29, 1.82) is 0 Å². The molecule has 3 rings (SSSR count). The Morgan fingerprint density at radius 3 is 1.51 bits per heavy atom. The molecule has 0 fully saturated rings. The molecule has 0 bridgehead atoms. The Bertz CT molecular complexity index is 971. The van der Waals surface area contributed by atoms with Crippen LogP contribution in [0.4, 0.5) is 11.4 Å². The number of aliphatic hydroxyl groups is 1. The average molecular weight is 497 g/mol. The van der Waals surface area contributed by atoms with Crippen LogP contribution in [0.3, 0.4) is 0 Å². The monoisotopic (exact) mass is 496 g/mol. The van der Waals surface area contributed by atoms with E-state index in [1.54, 1.807) is 11.7 Å². The van der Waals surface area contributed by atoms with Gasteiger partial charge in [0.15, 0.2) is 0 Å². The van der Waals surface area contributed by atoms with Crippen LogP contribution < -0.4 is 5.73 Å². The van der Waals surface area contributed by atoms with Gasteiger partial charge in [0.2, 0.25) is 0 Å². The number of aromatic nitrogens is 6. The summed E-state index contributed by atoms with van der Waals surface area (Å²) < 4.78 is 5.04. The molecule has 0 spiro atoms. The number of nitrogen functional groups attached to an aromatic ring is 1. The third kappa shape index (κ3) is 12.2. The fourth-order valence-corrected chi connectivity index (χ4v) is 2.76. The number of nitrogens with zero attached hydrogens (tertiary/aromatic N) is 7. The Balaban J connectivity index is -0.000000415. The number of aliphatic hydroxyl groups excluding tert-OH is 1. The molecule has 11 heteroatoms. The summed E-state index contributed by atoms with van der Waals surface area (Å²) in [4.78, 5) is 10.1. The number of aryl methyl sites for hydroxylation is 3. The molecule has 11 nitrogen and oxygen atoms in total. The second-order valence-corrected chi connectivity index (χ2v) is 8.35. The van der Waals surface area contributed by atoms with Gasteiger partial charge in [-0.2, -0.15) is 15.3 Å². The summed E-state index contributed by atoms with van der Waals surface area (Å²) in [7, 11) is 6.49. The van der Waals surface area contributed by atoms with Crippen LogP contribution in [0.15, 0.2) is 24.7 Å². The lowest BCUT2D eigenvalue weighted by molar-refractivity contribution is -0.385. The van der Waals surface area contributed by atoms with Crippen molar-refractivity contribution >= 4 is 11.4 Å². The molecule has 3 heterocycles. The first-order chi connectivity index (χ1) is 15.3. The predicted molar refractivity (Wildman–Crippen MR) is 145 cm³/mol. The van der Waals surface area contributed by atoms with Gasteiger partial charge in [-0.3, -0.25) is 24.2 Å². The molecule has 0 aliphatic rings. The summed E-state index contributed by atoms with van der Waals surface area (Å²) in [6, 6.07) is 2.05. The first-order valence-corrected chi connectivity index (χ1v) is 10.7. The zero-order valence-corrected chi connectivity index (χ0v) is 21.5. The predicted octanol–water partition coefficient (Wildman–Crippen LogP) is 5.00. The number of rotatable bonds is 4. The maximum atomic E-state index is 10.5. The molecule has 0 aromatic carbocycles. The molecule has 202 valence electrons. The first-order valence-electron chi connectivity index (χ1n) is 10.7. The lowest BCUT2D eigenvalue weighted by atomic mass is 10.1. The Hall–Kier alpha value is -3.21. The molecular formula is C24H48N8O3. The summed E-state index contributed by atoms with van der Waals surface area (Å²) in [5.41, 5.74) is 9.25. The van der Waals surface area contributed by atoms with Crippen molar-refractivity contribution in [3.63, 3.8) is 0 Å². The Labute approximate surface area is 211 Å². The molecular weight excluding hydrogens is 448 g/mol. The summed E-state index contributed by atoms with van der Waals surface area (Å²) >= 11 is 0. The number of hydrogen-bond donors (Lipinski definition) is 2. The first kappa shape index (κ1) is 36.4. The maximum Gasteiger partial charge on any atom is 0.310 e. The van der Waals surface area contributed by atoms with Crippen LogP contribution in [0.2, 0.25) is 0 Å². The van der Waals surface area contributed by atoms with Crippen molar-refractivity contribution in [1.82, 2.24) is 29.3 Å². The highest BCUT2D eigenvalue weighted by molar-refractivity contribution is 5.42. The molecule has 0 aliphatic carbocycles. The molecule has 3 N–H and O–H groups in total. The van der Waals surface area contributed by atoms with Gasteiger partial charge in [0.05, 0.1) is 22.0 Å². The van der Waals surface area contributed by atoms with E-state index in [1.165, 1.54) is 10.9 Å². The summed E-state index contributed by atoms with van der Waals surface area (Å²) in [5.74, 6) is 1.05. The average Bonchev–Trinajstić information content (AvgIpc) is 3.42. The van der Waals surface area contributed by atoms with Crippen molar-refractivity contribution in [3.8, 4) is 0 Å². The van der Waals surface area contributed by atoms with Gasteiger partial charge in [-0.25, -0.2) is 0 Å². The second kappa shape index (κ2) is 17.3. The van der Waals surface area contributed by atoms with Crippen LogP contribution in [-0.2, 0) is 21.1 Å². The molecule has 0 saturated heterocycles. The van der Waals surface area contributed by atoms with E-state index in [4.69, 9.17) is 10.8 Å². The summed E-state index contributed by atoms with van der Waals surface area (Å²) in [6.07, 6.45) is 5.22. The van der Waals surface area contributed by atoms with Crippen LogP contribution >= 0.6 is 0 Å². The van der Waals surface area contributed by atoms with Gasteiger partial charge in [0.1, 0.15) is 11.9 Å². The fraction of sp³-hybridized carbons (Fsp3) is 0.625. The highest BCUT2D eigenvalue weighted by Gasteiger charge is 2.20. The number of nitro groups is 1. The quantitative estimate of drug-likeness (QED) is 0.382. The highest BCUT2D eigenvalue weighted by atomic mass is 16.6. The molecule has 3 aromatic rings. The zero-order chi connectivity index (χ0) is 25.9. The minimum absolute atomic E-state index is 0. The lowest BCUT2D eigenvalue weighted by Crippen LogP contribution is -1.95. The third-order valence-corrected chi connectivity index (χ3v) is 4.34. The third-order valence-electron chi connectivity index (χ3n) is 4.34. The molecule has 0 unspecified atom stereocenters. The van der Waals surface area contributed by atoms with Gasteiger partial charge in [0, 0.05) is 46.6 Å². The van der Waals surface area contributed by atoms with Gasteiger partial charge in [-0.1, -0.05) is 56.4 Å². The summed E-state index contributed by atoms with van der Waals surface area (Å²) in [6.45, 7) is 12.2. The smallest absolute Gasteiger partial charge is 0.310 e. The van der Waals surface area contributed by atoms with Gasteiger partial charge in [-0.05, 0) is 17.9 Å². The van der Waals surface area contributed by atoms with Gasteiger partial charge >= 0.3 is 5.69 Å². The zero-order valence-electron chi connectivity index (χ0n) is 21.5. The lowest BCUT2D eigenvalue weighted by Gasteiger charge is -1.98. The standard InChI is InChI=1S/C7H11N3O2.C7H13N3.C7H12N2.CH4O.2CH4/c1-5(2)7-6(10(11)12)4-9(3)8-7;1-5(2)7-6(8)4-10(3)9-7;1-6(2)7-4-5-9(3)8-7;1-2;;/h4-5H,1-3H3;4-5H,8H2,1-3H3;4-6H,1-3H3;2H,1H3;2*1H4. The molecule has 0 saturated carbocycles. The Morgan fingerprint density at radius 2 is 1.29 bits per heavy atom. The van der Waals surface area contributed by atoms with Gasteiger partial charge < -0.3 is 10.8 Å². The minimum Gasteiger partial charge on any atom is -0.400 e. The van der Waals surface area contributed by atoms with Crippen molar-refractivity contribution in [2.45, 2.75) is 74.1 Å². The van der Waals surface area contributed by atoms with Crippen molar-refractivity contribution in [2.75, 3.05) is 12.8 Å². The van der Waals surface area contributed by atoms with Crippen molar-refractivity contribution in [2.24, 2.45) is 21.1 Å². The van der Waals surface area contributed by atoms with E-state index in [9.17, 15) is 10.1 Å². The van der Waals surface area contributed by atoms with Crippen LogP contribution in [0.1, 0.15) is 91.2 Å². The van der Waals surface area contributed by atoms with E-state index in [1.807, 2.05) is 51.1 Å². The van der Waals surface area contributed by atoms with Crippen molar-refractivity contribution < 1.29 is 10.0 Å². The van der Waals surface area contributed by atoms with Crippen LogP contribution in [0.25, 0.3) is 0 Å². The van der Waals surface area contributed by atoms with E-state index >= 15 is 0 Å². The molecule has 0 radical (unpaired) electrons. The van der Waals surface area contributed by atoms with Crippen LogP contribution in [0.5, 0.6) is 0 Å². The van der Waals surface area contributed by atoms with E-state index < -0.39 is 4.92 Å². The van der Waals surface area contributed by atoms with Gasteiger partial charge in [-0.15, -0.1) is 0 Å². The molecule has 35 heavy (non-hydrogen) atoms. The second-order valence-electron chi connectivity index (χ2n) is 8.35. The van der Waals surface area contributed by atoms with Gasteiger partial charge in [0.25, 0.3) is 0 Å². The number of anilines is 1. The Morgan fingerprint density at radius 1 is 0.829 bits per heavy atom. The maximum absolute atomic E-state index is 10.5.